The molecule has 0 aliphatic heterocycles. The molecule has 0 atom stereocenters. The zero-order valence-corrected chi connectivity index (χ0v) is 13.9. The monoisotopic (exact) mass is 405 g/mol. The van der Waals surface area contributed by atoms with Gasteiger partial charge in [-0.25, -0.2) is 4.39 Å². The van der Waals surface area contributed by atoms with E-state index in [9.17, 15) is 9.65 Å². The minimum Gasteiger partial charge on any atom is -0.488 e. The largest absolute Gasteiger partial charge is 0.488 e. The van der Waals surface area contributed by atoms with E-state index in [1.165, 1.54) is 6.07 Å². The molecule has 0 saturated heterocycles. The number of nitriles is 1. The molecule has 0 N–H and O–H groups in total. The SMILES string of the molecule is C=CCOc1ccc(/C=C(/C#N)c2ccccc2F)cc1I. The molecular formula is C18H13FINO. The molecule has 0 saturated carbocycles. The molecule has 0 aromatic heterocycles. The Morgan fingerprint density at radius 2 is 2.09 bits per heavy atom. The topological polar surface area (TPSA) is 33.0 Å². The first-order valence-electron chi connectivity index (χ1n) is 6.55. The van der Waals surface area contributed by atoms with Gasteiger partial charge in [0.05, 0.1) is 15.2 Å². The van der Waals surface area contributed by atoms with E-state index in [4.69, 9.17) is 4.74 Å². The summed E-state index contributed by atoms with van der Waals surface area (Å²) in [7, 11) is 0. The van der Waals surface area contributed by atoms with Crippen molar-refractivity contribution in [3.05, 3.63) is 75.6 Å². The summed E-state index contributed by atoms with van der Waals surface area (Å²) in [6.45, 7) is 4.04. The molecule has 0 spiro atoms. The normalized spacial score (nSPS) is 10.9. The van der Waals surface area contributed by atoms with Crippen LogP contribution in [-0.4, -0.2) is 6.61 Å². The lowest BCUT2D eigenvalue weighted by Crippen LogP contribution is -1.95. The number of nitrogens with zero attached hydrogens (tertiary/aromatic N) is 1. The lowest BCUT2D eigenvalue weighted by molar-refractivity contribution is 0.360. The molecule has 2 aromatic carbocycles. The van der Waals surface area contributed by atoms with E-state index in [0.717, 1.165) is 14.9 Å². The predicted molar refractivity (Wildman–Crippen MR) is 94.7 cm³/mol. The maximum absolute atomic E-state index is 13.8. The molecule has 110 valence electrons. The van der Waals surface area contributed by atoms with Gasteiger partial charge in [-0.1, -0.05) is 36.9 Å². The minimum absolute atomic E-state index is 0.286. The second-order valence-electron chi connectivity index (χ2n) is 4.44. The van der Waals surface area contributed by atoms with Crippen LogP contribution in [0.3, 0.4) is 0 Å². The Morgan fingerprint density at radius 3 is 2.73 bits per heavy atom. The van der Waals surface area contributed by atoms with Crippen LogP contribution in [-0.2, 0) is 0 Å². The fourth-order valence-corrected chi connectivity index (χ4v) is 2.58. The second-order valence-corrected chi connectivity index (χ2v) is 5.60. The van der Waals surface area contributed by atoms with E-state index in [1.807, 2.05) is 18.2 Å². The molecule has 0 bridgehead atoms. The maximum Gasteiger partial charge on any atom is 0.133 e. The summed E-state index contributed by atoms with van der Waals surface area (Å²) in [4.78, 5) is 0. The fraction of sp³-hybridized carbons (Fsp3) is 0.0556. The van der Waals surface area contributed by atoms with Crippen molar-refractivity contribution in [1.29, 1.82) is 5.26 Å². The van der Waals surface area contributed by atoms with Crippen molar-refractivity contribution in [1.82, 2.24) is 0 Å². The average molecular weight is 405 g/mol. The molecule has 0 radical (unpaired) electrons. The van der Waals surface area contributed by atoms with Crippen LogP contribution in [0.1, 0.15) is 11.1 Å². The molecule has 4 heteroatoms. The summed E-state index contributed by atoms with van der Waals surface area (Å²) in [6.07, 6.45) is 3.34. The number of halogens is 2. The van der Waals surface area contributed by atoms with Crippen LogP contribution in [0.4, 0.5) is 4.39 Å². The average Bonchev–Trinajstić information content (AvgIpc) is 2.52. The highest BCUT2D eigenvalue weighted by atomic mass is 127. The van der Waals surface area contributed by atoms with Crippen molar-refractivity contribution in [3.63, 3.8) is 0 Å². The third kappa shape index (κ3) is 3.95. The van der Waals surface area contributed by atoms with Gasteiger partial charge in [0.25, 0.3) is 0 Å². The Morgan fingerprint density at radius 1 is 1.32 bits per heavy atom. The Labute approximate surface area is 142 Å². The lowest BCUT2D eigenvalue weighted by atomic mass is 10.0. The molecule has 2 aromatic rings. The zero-order chi connectivity index (χ0) is 15.9. The highest BCUT2D eigenvalue weighted by molar-refractivity contribution is 14.1. The molecular weight excluding hydrogens is 392 g/mol. The molecule has 0 fully saturated rings. The van der Waals surface area contributed by atoms with E-state index in [1.54, 1.807) is 30.4 Å². The van der Waals surface area contributed by atoms with Crippen LogP contribution < -0.4 is 4.74 Å². The van der Waals surface area contributed by atoms with Gasteiger partial charge in [-0.15, -0.1) is 0 Å². The summed E-state index contributed by atoms with van der Waals surface area (Å²) >= 11 is 2.16. The van der Waals surface area contributed by atoms with E-state index < -0.39 is 5.82 Å². The third-order valence-electron chi connectivity index (χ3n) is 2.91. The van der Waals surface area contributed by atoms with Crippen LogP contribution >= 0.6 is 22.6 Å². The molecule has 0 aliphatic carbocycles. The first kappa shape index (κ1) is 16.2. The molecule has 22 heavy (non-hydrogen) atoms. The molecule has 2 nitrogen and oxygen atoms in total. The Hall–Kier alpha value is -2.13. The van der Waals surface area contributed by atoms with E-state index >= 15 is 0 Å². The van der Waals surface area contributed by atoms with Gasteiger partial charge in [0.1, 0.15) is 18.2 Å². The van der Waals surface area contributed by atoms with Gasteiger partial charge in [0, 0.05) is 5.56 Å². The number of allylic oxidation sites excluding steroid dienone is 1. The zero-order valence-electron chi connectivity index (χ0n) is 11.7. The van der Waals surface area contributed by atoms with E-state index in [0.29, 0.717) is 12.2 Å². The first-order valence-corrected chi connectivity index (χ1v) is 7.63. The molecule has 0 heterocycles. The summed E-state index contributed by atoms with van der Waals surface area (Å²) in [6, 6.07) is 13.8. The standard InChI is InChI=1S/C18H13FINO/c1-2-9-22-18-8-7-13(11-17(18)20)10-14(12-21)15-5-3-4-6-16(15)19/h2-8,10-11H,1,9H2/b14-10-. The molecule has 0 amide bonds. The van der Waals surface area contributed by atoms with Crippen molar-refractivity contribution in [2.24, 2.45) is 0 Å². The highest BCUT2D eigenvalue weighted by Gasteiger charge is 2.08. The number of hydrogen-bond donors (Lipinski definition) is 0. The smallest absolute Gasteiger partial charge is 0.133 e. The Balaban J connectivity index is 2.35. The Kier molecular flexibility index (Phi) is 5.73. The summed E-state index contributed by atoms with van der Waals surface area (Å²) in [5.41, 5.74) is 1.40. The molecule has 2 rings (SSSR count). The highest BCUT2D eigenvalue weighted by Crippen LogP contribution is 2.25. The number of ether oxygens (including phenoxy) is 1. The molecule has 0 unspecified atom stereocenters. The van der Waals surface area contributed by atoms with Crippen molar-refractivity contribution < 1.29 is 9.13 Å². The van der Waals surface area contributed by atoms with Gasteiger partial charge < -0.3 is 4.74 Å². The van der Waals surface area contributed by atoms with Crippen LogP contribution in [0.25, 0.3) is 11.6 Å². The van der Waals surface area contributed by atoms with Gasteiger partial charge >= 0.3 is 0 Å². The predicted octanol–water partition coefficient (Wildman–Crippen LogP) is 5.06. The van der Waals surface area contributed by atoms with Crippen molar-refractivity contribution in [2.45, 2.75) is 0 Å². The maximum atomic E-state index is 13.8. The van der Waals surface area contributed by atoms with Crippen molar-refractivity contribution in [2.75, 3.05) is 6.61 Å². The quantitative estimate of drug-likeness (QED) is 0.302. The lowest BCUT2D eigenvalue weighted by Gasteiger charge is -2.07. The summed E-state index contributed by atoms with van der Waals surface area (Å²) < 4.78 is 20.2. The number of benzene rings is 2. The summed E-state index contributed by atoms with van der Waals surface area (Å²) in [5, 5.41) is 9.28. The second kappa shape index (κ2) is 7.76. The van der Waals surface area contributed by atoms with Gasteiger partial charge in [-0.05, 0) is 52.4 Å². The van der Waals surface area contributed by atoms with E-state index in [2.05, 4.69) is 35.2 Å². The van der Waals surface area contributed by atoms with Crippen molar-refractivity contribution in [3.8, 4) is 11.8 Å². The third-order valence-corrected chi connectivity index (χ3v) is 3.75. The Bertz CT molecular complexity index is 762. The van der Waals surface area contributed by atoms with Gasteiger partial charge in [-0.2, -0.15) is 5.26 Å². The minimum atomic E-state index is -0.407. The van der Waals surface area contributed by atoms with Gasteiger partial charge in [0.15, 0.2) is 0 Å². The van der Waals surface area contributed by atoms with Crippen molar-refractivity contribution >= 4 is 34.2 Å². The number of hydrogen-bond acceptors (Lipinski definition) is 2. The van der Waals surface area contributed by atoms with Crippen LogP contribution in [0.5, 0.6) is 5.75 Å². The first-order chi connectivity index (χ1) is 10.7. The van der Waals surface area contributed by atoms with Crippen LogP contribution in [0.2, 0.25) is 0 Å². The van der Waals surface area contributed by atoms with Crippen LogP contribution in [0.15, 0.2) is 55.1 Å². The van der Waals surface area contributed by atoms with E-state index in [-0.39, 0.29) is 5.57 Å². The fourth-order valence-electron chi connectivity index (χ4n) is 1.89. The molecule has 0 aliphatic rings. The van der Waals surface area contributed by atoms with Crippen LogP contribution in [0, 0.1) is 20.7 Å². The summed E-state index contributed by atoms with van der Waals surface area (Å²) in [5.74, 6) is 0.345. The van der Waals surface area contributed by atoms with Gasteiger partial charge in [0.2, 0.25) is 0 Å². The number of rotatable bonds is 5. The van der Waals surface area contributed by atoms with Gasteiger partial charge in [-0.3, -0.25) is 0 Å².